The van der Waals surface area contributed by atoms with E-state index in [4.69, 9.17) is 11.6 Å². The van der Waals surface area contributed by atoms with Gasteiger partial charge >= 0.3 is 0 Å². The van der Waals surface area contributed by atoms with Gasteiger partial charge in [0.2, 0.25) is 0 Å². The molecule has 1 fully saturated rings. The molecule has 3 nitrogen and oxygen atoms in total. The van der Waals surface area contributed by atoms with Crippen LogP contribution in [-0.2, 0) is 0 Å². The van der Waals surface area contributed by atoms with E-state index in [9.17, 15) is 0 Å². The quantitative estimate of drug-likeness (QED) is 0.879. The minimum atomic E-state index is 0. The van der Waals surface area contributed by atoms with Gasteiger partial charge in [0.1, 0.15) is 5.82 Å². The first-order chi connectivity index (χ1) is 6.84. The smallest absolute Gasteiger partial charge is 0.126 e. The highest BCUT2D eigenvalue weighted by molar-refractivity contribution is 6.30. The Morgan fingerprint density at radius 3 is 2.35 bits per heavy atom. The van der Waals surface area contributed by atoms with Crippen LogP contribution in [0.15, 0.2) is 18.3 Å². The molecule has 0 radical (unpaired) electrons. The summed E-state index contributed by atoms with van der Waals surface area (Å²) in [5.41, 5.74) is 0. The molecule has 1 aliphatic rings. The van der Waals surface area contributed by atoms with E-state index in [0.29, 0.717) is 11.1 Å². The summed E-state index contributed by atoms with van der Waals surface area (Å²) in [5.74, 6) is 0.918. The molecule has 1 aromatic rings. The van der Waals surface area contributed by atoms with Crippen LogP contribution in [0.3, 0.4) is 0 Å². The summed E-state index contributed by atoms with van der Waals surface area (Å²) >= 11 is 5.75. The number of hydrogen-bond donors (Lipinski definition) is 2. The molecule has 2 N–H and O–H groups in total. The second-order valence-electron chi connectivity index (χ2n) is 3.53. The van der Waals surface area contributed by atoms with Gasteiger partial charge in [-0.2, -0.15) is 0 Å². The Morgan fingerprint density at radius 2 is 1.82 bits per heavy atom. The molecule has 100 valence electrons. The Kier molecular flexibility index (Phi) is 11.5. The van der Waals surface area contributed by atoms with Gasteiger partial charge in [0.15, 0.2) is 0 Å². The fraction of sp³-hybridized carbons (Fsp3) is 0.500. The lowest BCUT2D eigenvalue weighted by molar-refractivity contribution is 0.478. The number of aromatic nitrogens is 1. The highest BCUT2D eigenvalue weighted by atomic mass is 35.5. The number of hydrogen-bond acceptors (Lipinski definition) is 3. The van der Waals surface area contributed by atoms with E-state index in [1.54, 1.807) is 6.20 Å². The Hall–Kier alpha value is 0.0700. The molecule has 0 aromatic carbocycles. The highest BCUT2D eigenvalue weighted by Crippen LogP contribution is 2.13. The lowest BCUT2D eigenvalue weighted by Gasteiger charge is -2.24. The van der Waals surface area contributed by atoms with Gasteiger partial charge < -0.3 is 10.6 Å². The van der Waals surface area contributed by atoms with Gasteiger partial charge in [-0.3, -0.25) is 0 Å². The molecule has 1 aromatic heterocycles. The molecule has 1 aliphatic heterocycles. The molecule has 2 heterocycles. The molecule has 17 heavy (non-hydrogen) atoms. The summed E-state index contributed by atoms with van der Waals surface area (Å²) in [6.45, 7) is 2.18. The number of rotatable bonds is 2. The summed E-state index contributed by atoms with van der Waals surface area (Å²) < 4.78 is 0. The number of pyridine rings is 1. The molecule has 0 aliphatic carbocycles. The van der Waals surface area contributed by atoms with Crippen molar-refractivity contribution < 1.29 is 0 Å². The topological polar surface area (TPSA) is 37.0 Å². The van der Waals surface area contributed by atoms with Crippen LogP contribution in [0.2, 0.25) is 5.02 Å². The van der Waals surface area contributed by atoms with Gasteiger partial charge in [-0.15, -0.1) is 37.2 Å². The molecule has 0 spiro atoms. The van der Waals surface area contributed by atoms with Crippen molar-refractivity contribution in [3.05, 3.63) is 23.4 Å². The first-order valence-corrected chi connectivity index (χ1v) is 5.31. The van der Waals surface area contributed by atoms with Crippen molar-refractivity contribution in [3.8, 4) is 0 Å². The van der Waals surface area contributed by atoms with Gasteiger partial charge in [0, 0.05) is 12.2 Å². The standard InChI is InChI=1S/C10H14ClN3.3ClH/c11-8-1-2-10(13-7-8)14-9-3-5-12-6-4-9;;;/h1-2,7,9,12H,3-6H2,(H,13,14);3*1H. The largest absolute Gasteiger partial charge is 0.367 e. The van der Waals surface area contributed by atoms with Gasteiger partial charge in [-0.1, -0.05) is 11.6 Å². The SMILES string of the molecule is Cl.Cl.Cl.Clc1ccc(NC2CCNCC2)nc1. The van der Waals surface area contributed by atoms with Crippen LogP contribution in [0.5, 0.6) is 0 Å². The zero-order chi connectivity index (χ0) is 9.80. The van der Waals surface area contributed by atoms with Gasteiger partial charge in [0.25, 0.3) is 0 Å². The van der Waals surface area contributed by atoms with E-state index in [-0.39, 0.29) is 37.2 Å². The van der Waals surface area contributed by atoms with Crippen molar-refractivity contribution in [1.82, 2.24) is 10.3 Å². The van der Waals surface area contributed by atoms with Gasteiger partial charge in [0.05, 0.1) is 5.02 Å². The van der Waals surface area contributed by atoms with E-state index in [2.05, 4.69) is 15.6 Å². The van der Waals surface area contributed by atoms with E-state index < -0.39 is 0 Å². The normalized spacial score (nSPS) is 14.9. The third-order valence-electron chi connectivity index (χ3n) is 2.42. The molecule has 2 rings (SSSR count). The van der Waals surface area contributed by atoms with Crippen molar-refractivity contribution in [2.75, 3.05) is 18.4 Å². The van der Waals surface area contributed by atoms with Gasteiger partial charge in [-0.05, 0) is 38.1 Å². The van der Waals surface area contributed by atoms with Crippen LogP contribution in [0.25, 0.3) is 0 Å². The van der Waals surface area contributed by atoms with E-state index >= 15 is 0 Å². The Morgan fingerprint density at radius 1 is 1.18 bits per heavy atom. The Bertz CT molecular complexity index is 288. The molecule has 0 amide bonds. The summed E-state index contributed by atoms with van der Waals surface area (Å²) in [4.78, 5) is 4.21. The summed E-state index contributed by atoms with van der Waals surface area (Å²) in [6.07, 6.45) is 3.99. The average molecular weight is 321 g/mol. The number of halogens is 4. The van der Waals surface area contributed by atoms with Crippen molar-refractivity contribution in [1.29, 1.82) is 0 Å². The predicted molar refractivity (Wildman–Crippen MR) is 80.5 cm³/mol. The molecule has 7 heteroatoms. The number of nitrogens with zero attached hydrogens (tertiary/aromatic N) is 1. The van der Waals surface area contributed by atoms with Crippen LogP contribution in [-0.4, -0.2) is 24.1 Å². The molecule has 1 saturated heterocycles. The molecule has 0 unspecified atom stereocenters. The number of nitrogens with one attached hydrogen (secondary N) is 2. The van der Waals surface area contributed by atoms with Crippen LogP contribution in [0.4, 0.5) is 5.82 Å². The second-order valence-corrected chi connectivity index (χ2v) is 3.97. The predicted octanol–water partition coefficient (Wildman–Crippen LogP) is 3.16. The fourth-order valence-corrected chi connectivity index (χ4v) is 1.75. The second kappa shape index (κ2) is 10.0. The molecular weight excluding hydrogens is 304 g/mol. The summed E-state index contributed by atoms with van der Waals surface area (Å²) in [5, 5.41) is 7.41. The minimum absolute atomic E-state index is 0. The third kappa shape index (κ3) is 6.53. The lowest BCUT2D eigenvalue weighted by Crippen LogP contribution is -2.35. The van der Waals surface area contributed by atoms with Gasteiger partial charge in [-0.25, -0.2) is 4.98 Å². The molecule has 0 bridgehead atoms. The van der Waals surface area contributed by atoms with Crippen LogP contribution < -0.4 is 10.6 Å². The first-order valence-electron chi connectivity index (χ1n) is 4.93. The minimum Gasteiger partial charge on any atom is -0.367 e. The summed E-state index contributed by atoms with van der Waals surface area (Å²) in [6, 6.07) is 4.33. The summed E-state index contributed by atoms with van der Waals surface area (Å²) in [7, 11) is 0. The zero-order valence-electron chi connectivity index (χ0n) is 9.19. The van der Waals surface area contributed by atoms with E-state index in [1.165, 1.54) is 0 Å². The number of anilines is 1. The van der Waals surface area contributed by atoms with Crippen LogP contribution >= 0.6 is 48.8 Å². The highest BCUT2D eigenvalue weighted by Gasteiger charge is 2.12. The first kappa shape index (κ1) is 19.4. The lowest BCUT2D eigenvalue weighted by atomic mass is 10.1. The average Bonchev–Trinajstić information content (AvgIpc) is 2.23. The van der Waals surface area contributed by atoms with E-state index in [0.717, 1.165) is 31.7 Å². The van der Waals surface area contributed by atoms with Crippen LogP contribution in [0.1, 0.15) is 12.8 Å². The number of piperidine rings is 1. The van der Waals surface area contributed by atoms with Crippen molar-refractivity contribution in [2.24, 2.45) is 0 Å². The maximum atomic E-state index is 5.75. The van der Waals surface area contributed by atoms with Crippen molar-refractivity contribution >= 4 is 54.6 Å². The fourth-order valence-electron chi connectivity index (χ4n) is 1.64. The maximum absolute atomic E-state index is 5.75. The monoisotopic (exact) mass is 319 g/mol. The third-order valence-corrected chi connectivity index (χ3v) is 2.64. The van der Waals surface area contributed by atoms with Crippen molar-refractivity contribution in [3.63, 3.8) is 0 Å². The Labute approximate surface area is 125 Å². The van der Waals surface area contributed by atoms with E-state index in [1.807, 2.05) is 12.1 Å². The Balaban J connectivity index is 0. The maximum Gasteiger partial charge on any atom is 0.126 e. The molecule has 0 saturated carbocycles. The molecular formula is C10H17Cl4N3. The van der Waals surface area contributed by atoms with Crippen molar-refractivity contribution in [2.45, 2.75) is 18.9 Å². The zero-order valence-corrected chi connectivity index (χ0v) is 12.4. The van der Waals surface area contributed by atoms with Crippen LogP contribution in [0, 0.1) is 0 Å². The molecule has 0 atom stereocenters.